The number of rotatable bonds is 3. The van der Waals surface area contributed by atoms with E-state index in [0.717, 1.165) is 4.90 Å². The van der Waals surface area contributed by atoms with Gasteiger partial charge in [-0.1, -0.05) is 29.8 Å². The van der Waals surface area contributed by atoms with Crippen molar-refractivity contribution in [2.24, 2.45) is 0 Å². The highest BCUT2D eigenvalue weighted by atomic mass is 35.5. The fourth-order valence-electron chi connectivity index (χ4n) is 3.50. The van der Waals surface area contributed by atoms with Crippen molar-refractivity contribution in [3.05, 3.63) is 81.0 Å². The van der Waals surface area contributed by atoms with E-state index in [0.29, 0.717) is 21.7 Å². The van der Waals surface area contributed by atoms with Crippen LogP contribution < -0.4 is 4.90 Å². The van der Waals surface area contributed by atoms with Crippen molar-refractivity contribution < 1.29 is 14.5 Å². The van der Waals surface area contributed by atoms with E-state index in [4.69, 9.17) is 11.6 Å². The Morgan fingerprint density at radius 1 is 1.07 bits per heavy atom. The molecule has 1 N–H and O–H groups in total. The fourth-order valence-corrected chi connectivity index (χ4v) is 3.63. The average Bonchev–Trinajstić information content (AvgIpc) is 3.28. The molecule has 5 rings (SSSR count). The smallest absolute Gasteiger partial charge is 0.271 e. The maximum atomic E-state index is 13.3. The number of anilines is 1. The van der Waals surface area contributed by atoms with Gasteiger partial charge in [0.2, 0.25) is 0 Å². The summed E-state index contributed by atoms with van der Waals surface area (Å²) in [7, 11) is 0. The van der Waals surface area contributed by atoms with Crippen molar-refractivity contribution in [2.45, 2.75) is 0 Å². The summed E-state index contributed by atoms with van der Waals surface area (Å²) in [6.45, 7) is 0. The van der Waals surface area contributed by atoms with Gasteiger partial charge in [-0.15, -0.1) is 0 Å². The van der Waals surface area contributed by atoms with E-state index in [1.807, 2.05) is 0 Å². The van der Waals surface area contributed by atoms with Gasteiger partial charge in [-0.25, -0.2) is 9.88 Å². The zero-order valence-corrected chi connectivity index (χ0v) is 15.8. The molecule has 0 bridgehead atoms. The van der Waals surface area contributed by atoms with E-state index in [1.54, 1.807) is 24.3 Å². The maximum Gasteiger partial charge on any atom is 0.271 e. The minimum Gasteiger partial charge on any atom is -0.275 e. The molecule has 0 aliphatic carbocycles. The Kier molecular flexibility index (Phi) is 3.87. The number of nitrogens with one attached hydrogen (secondary N) is 1. The minimum atomic E-state index is -0.604. The maximum absolute atomic E-state index is 13.3. The molecule has 30 heavy (non-hydrogen) atoms. The standard InChI is InChI=1S/C20H10ClN5O4/c21-11-6-4-10(5-7-11)17-16-15-14(9-22-18(16)24-23-17)19(27)25(20(15)28)12-2-1-3-13(8-12)26(29)30/h1-9H,(H,22,23,24). The van der Waals surface area contributed by atoms with E-state index >= 15 is 0 Å². The number of amides is 2. The molecule has 0 fully saturated rings. The summed E-state index contributed by atoms with van der Waals surface area (Å²) in [5, 5.41) is 19.1. The first-order chi connectivity index (χ1) is 14.5. The third-order valence-electron chi connectivity index (χ3n) is 4.86. The lowest BCUT2D eigenvalue weighted by molar-refractivity contribution is -0.384. The van der Waals surface area contributed by atoms with Gasteiger partial charge in [-0.05, 0) is 18.2 Å². The molecule has 0 radical (unpaired) electrons. The number of carbonyl (C=O) groups excluding carboxylic acids is 2. The second kappa shape index (κ2) is 6.46. The third-order valence-corrected chi connectivity index (χ3v) is 5.12. The zero-order chi connectivity index (χ0) is 21.0. The van der Waals surface area contributed by atoms with Gasteiger partial charge in [0.1, 0.15) is 0 Å². The highest BCUT2D eigenvalue weighted by Crippen LogP contribution is 2.37. The molecule has 0 atom stereocenters. The number of fused-ring (bicyclic) bond motifs is 3. The molecule has 2 aromatic carbocycles. The Bertz CT molecular complexity index is 1380. The number of aromatic amines is 1. The highest BCUT2D eigenvalue weighted by molar-refractivity contribution is 6.38. The second-order valence-corrected chi connectivity index (χ2v) is 7.01. The Morgan fingerprint density at radius 3 is 2.57 bits per heavy atom. The van der Waals surface area contributed by atoms with Crippen LogP contribution in [0.25, 0.3) is 22.3 Å². The SMILES string of the molecule is O=C1c2cnc3n[nH]c(-c4ccc(Cl)cc4)c3c2C(=O)N1c1cccc([N+](=O)[O-])c1. The van der Waals surface area contributed by atoms with Gasteiger partial charge in [0.25, 0.3) is 17.5 Å². The van der Waals surface area contributed by atoms with Crippen molar-refractivity contribution in [2.75, 3.05) is 4.90 Å². The molecule has 4 aromatic rings. The van der Waals surface area contributed by atoms with Crippen LogP contribution in [0.4, 0.5) is 11.4 Å². The number of H-pyrrole nitrogens is 1. The minimum absolute atomic E-state index is 0.107. The van der Waals surface area contributed by atoms with E-state index in [1.165, 1.54) is 30.5 Å². The van der Waals surface area contributed by atoms with Gasteiger partial charge < -0.3 is 0 Å². The van der Waals surface area contributed by atoms with Gasteiger partial charge in [0.15, 0.2) is 5.65 Å². The summed E-state index contributed by atoms with van der Waals surface area (Å²) < 4.78 is 0. The predicted octanol–water partition coefficient (Wildman–Crippen LogP) is 3.99. The zero-order valence-electron chi connectivity index (χ0n) is 15.0. The lowest BCUT2D eigenvalue weighted by Gasteiger charge is -2.13. The first kappa shape index (κ1) is 18.0. The van der Waals surface area contributed by atoms with Crippen LogP contribution in [0.2, 0.25) is 5.02 Å². The van der Waals surface area contributed by atoms with Gasteiger partial charge in [0.05, 0.1) is 32.8 Å². The van der Waals surface area contributed by atoms with E-state index in [2.05, 4.69) is 15.2 Å². The molecule has 0 unspecified atom stereocenters. The molecule has 9 nitrogen and oxygen atoms in total. The van der Waals surface area contributed by atoms with Gasteiger partial charge in [0, 0.05) is 28.9 Å². The molecule has 2 aromatic heterocycles. The number of carbonyl (C=O) groups is 2. The number of aromatic nitrogens is 3. The molecule has 1 aliphatic rings. The highest BCUT2D eigenvalue weighted by Gasteiger charge is 2.40. The number of hydrogen-bond donors (Lipinski definition) is 1. The van der Waals surface area contributed by atoms with Crippen LogP contribution in [-0.4, -0.2) is 31.9 Å². The number of non-ortho nitro benzene ring substituents is 1. The topological polar surface area (TPSA) is 122 Å². The van der Waals surface area contributed by atoms with Crippen LogP contribution in [0.3, 0.4) is 0 Å². The van der Waals surface area contributed by atoms with E-state index < -0.39 is 16.7 Å². The van der Waals surface area contributed by atoms with Gasteiger partial charge >= 0.3 is 0 Å². The summed E-state index contributed by atoms with van der Waals surface area (Å²) in [6, 6.07) is 12.3. The number of nitro groups is 1. The Labute approximate surface area is 173 Å². The monoisotopic (exact) mass is 419 g/mol. The number of nitrogens with zero attached hydrogens (tertiary/aromatic N) is 4. The number of pyridine rings is 1. The molecule has 1 aliphatic heterocycles. The molecular formula is C20H10ClN5O4. The molecular weight excluding hydrogens is 410 g/mol. The van der Waals surface area contributed by atoms with Gasteiger partial charge in [-0.3, -0.25) is 24.8 Å². The fraction of sp³-hybridized carbons (Fsp3) is 0. The van der Waals surface area contributed by atoms with Crippen LogP contribution in [0.5, 0.6) is 0 Å². The second-order valence-electron chi connectivity index (χ2n) is 6.57. The molecule has 0 saturated heterocycles. The number of nitro benzene ring substituents is 1. The first-order valence-electron chi connectivity index (χ1n) is 8.72. The number of hydrogen-bond acceptors (Lipinski definition) is 6. The molecule has 0 saturated carbocycles. The van der Waals surface area contributed by atoms with Crippen LogP contribution in [-0.2, 0) is 0 Å². The Hall–Kier alpha value is -4.11. The lowest BCUT2D eigenvalue weighted by atomic mass is 10.0. The number of imide groups is 1. The largest absolute Gasteiger partial charge is 0.275 e. The lowest BCUT2D eigenvalue weighted by Crippen LogP contribution is -2.29. The molecule has 3 heterocycles. The summed E-state index contributed by atoms with van der Waals surface area (Å²) in [5.74, 6) is -1.20. The predicted molar refractivity (Wildman–Crippen MR) is 109 cm³/mol. The van der Waals surface area contributed by atoms with Crippen molar-refractivity contribution >= 4 is 45.8 Å². The Balaban J connectivity index is 1.70. The number of halogens is 1. The van der Waals surface area contributed by atoms with Crippen LogP contribution >= 0.6 is 11.6 Å². The van der Waals surface area contributed by atoms with Crippen LogP contribution in [0, 0.1) is 10.1 Å². The third kappa shape index (κ3) is 2.56. The average molecular weight is 420 g/mol. The van der Waals surface area contributed by atoms with E-state index in [-0.39, 0.29) is 28.1 Å². The van der Waals surface area contributed by atoms with Crippen molar-refractivity contribution in [3.8, 4) is 11.3 Å². The summed E-state index contributed by atoms with van der Waals surface area (Å²) >= 11 is 5.96. The van der Waals surface area contributed by atoms with Crippen molar-refractivity contribution in [1.29, 1.82) is 0 Å². The number of benzene rings is 2. The molecule has 146 valence electrons. The van der Waals surface area contributed by atoms with Crippen molar-refractivity contribution in [3.63, 3.8) is 0 Å². The summed E-state index contributed by atoms with van der Waals surface area (Å²) in [4.78, 5) is 41.9. The van der Waals surface area contributed by atoms with Crippen molar-refractivity contribution in [1.82, 2.24) is 15.2 Å². The summed E-state index contributed by atoms with van der Waals surface area (Å²) in [5.41, 5.74) is 1.66. The molecule has 10 heteroatoms. The van der Waals surface area contributed by atoms with E-state index in [9.17, 15) is 19.7 Å². The van der Waals surface area contributed by atoms with Crippen LogP contribution in [0.15, 0.2) is 54.7 Å². The Morgan fingerprint density at radius 2 is 1.83 bits per heavy atom. The molecule has 0 spiro atoms. The first-order valence-corrected chi connectivity index (χ1v) is 9.10. The quantitative estimate of drug-likeness (QED) is 0.304. The van der Waals surface area contributed by atoms with Gasteiger partial charge in [-0.2, -0.15) is 5.10 Å². The summed E-state index contributed by atoms with van der Waals surface area (Å²) in [6.07, 6.45) is 1.29. The van der Waals surface area contributed by atoms with Crippen LogP contribution in [0.1, 0.15) is 20.7 Å². The molecule has 2 amide bonds. The normalized spacial score (nSPS) is 13.2.